The number of hydrogen-bond acceptors (Lipinski definition) is 7. The van der Waals surface area contributed by atoms with Gasteiger partial charge in [-0.2, -0.15) is 0 Å². The molecule has 1 aromatic rings. The molecule has 3 atom stereocenters. The second kappa shape index (κ2) is 7.46. The van der Waals surface area contributed by atoms with Gasteiger partial charge in [0.25, 0.3) is 0 Å². The summed E-state index contributed by atoms with van der Waals surface area (Å²) in [5.41, 5.74) is 0.705. The van der Waals surface area contributed by atoms with Crippen LogP contribution in [0.2, 0.25) is 0 Å². The number of aliphatic hydroxyl groups is 1. The van der Waals surface area contributed by atoms with Gasteiger partial charge in [0, 0.05) is 14.2 Å². The van der Waals surface area contributed by atoms with Gasteiger partial charge in [0.05, 0.1) is 38.1 Å². The monoisotopic (exact) mass is 300 g/mol. The minimum absolute atomic E-state index is 0.0583. The molecule has 1 fully saturated rings. The summed E-state index contributed by atoms with van der Waals surface area (Å²) in [5, 5.41) is 20.5. The molecule has 2 rings (SSSR count). The van der Waals surface area contributed by atoms with Crippen molar-refractivity contribution in [1.29, 1.82) is 0 Å². The van der Waals surface area contributed by atoms with Crippen LogP contribution in [0.3, 0.4) is 0 Å². The third-order valence-corrected chi connectivity index (χ3v) is 3.14. The standard InChI is InChI=1S/C12H20N4O5/c1-19-5-8-3-16(15-14-8)4-10-12(9(17)6-21-10)13-11(18)7-20-2/h3,9-10,12,17H,4-7H2,1-2H3,(H,13,18)/t9-,10+,12+/m0/s1. The fourth-order valence-electron chi connectivity index (χ4n) is 2.22. The van der Waals surface area contributed by atoms with Gasteiger partial charge in [-0.05, 0) is 0 Å². The lowest BCUT2D eigenvalue weighted by atomic mass is 10.1. The molecule has 1 aliphatic rings. The van der Waals surface area contributed by atoms with Crippen molar-refractivity contribution in [3.05, 3.63) is 11.9 Å². The van der Waals surface area contributed by atoms with Gasteiger partial charge in [-0.1, -0.05) is 5.21 Å². The molecule has 1 saturated heterocycles. The van der Waals surface area contributed by atoms with Crippen LogP contribution in [0.25, 0.3) is 0 Å². The molecule has 9 heteroatoms. The van der Waals surface area contributed by atoms with Gasteiger partial charge in [-0.3, -0.25) is 4.79 Å². The first-order chi connectivity index (χ1) is 10.1. The van der Waals surface area contributed by atoms with Gasteiger partial charge in [0.1, 0.15) is 18.4 Å². The number of methoxy groups -OCH3 is 2. The summed E-state index contributed by atoms with van der Waals surface area (Å²) in [5.74, 6) is -0.296. The van der Waals surface area contributed by atoms with E-state index in [1.165, 1.54) is 7.11 Å². The molecular weight excluding hydrogens is 280 g/mol. The number of amides is 1. The molecule has 21 heavy (non-hydrogen) atoms. The van der Waals surface area contributed by atoms with E-state index in [9.17, 15) is 9.90 Å². The molecule has 1 amide bonds. The van der Waals surface area contributed by atoms with E-state index in [1.807, 2.05) is 0 Å². The maximum atomic E-state index is 11.6. The summed E-state index contributed by atoms with van der Waals surface area (Å²) in [6.45, 7) is 0.868. The lowest BCUT2D eigenvalue weighted by Gasteiger charge is -2.21. The van der Waals surface area contributed by atoms with E-state index in [4.69, 9.17) is 14.2 Å². The van der Waals surface area contributed by atoms with E-state index in [0.29, 0.717) is 18.8 Å². The van der Waals surface area contributed by atoms with Crippen LogP contribution in [-0.4, -0.2) is 71.7 Å². The van der Waals surface area contributed by atoms with Gasteiger partial charge in [0.15, 0.2) is 0 Å². The minimum atomic E-state index is -0.752. The molecule has 0 radical (unpaired) electrons. The highest BCUT2D eigenvalue weighted by Gasteiger charge is 2.37. The van der Waals surface area contributed by atoms with Crippen molar-refractivity contribution >= 4 is 5.91 Å². The van der Waals surface area contributed by atoms with Crippen LogP contribution in [-0.2, 0) is 32.2 Å². The molecule has 0 unspecified atom stereocenters. The zero-order chi connectivity index (χ0) is 15.2. The first kappa shape index (κ1) is 15.8. The van der Waals surface area contributed by atoms with E-state index < -0.39 is 12.1 Å². The maximum absolute atomic E-state index is 11.6. The van der Waals surface area contributed by atoms with Crippen molar-refractivity contribution in [3.8, 4) is 0 Å². The lowest BCUT2D eigenvalue weighted by molar-refractivity contribution is -0.126. The topological polar surface area (TPSA) is 108 Å². The third kappa shape index (κ3) is 4.21. The molecule has 0 aromatic carbocycles. The van der Waals surface area contributed by atoms with Crippen LogP contribution in [0.5, 0.6) is 0 Å². The zero-order valence-corrected chi connectivity index (χ0v) is 12.1. The molecule has 2 heterocycles. The normalized spacial score (nSPS) is 25.2. The summed E-state index contributed by atoms with van der Waals surface area (Å²) < 4.78 is 16.8. The largest absolute Gasteiger partial charge is 0.388 e. The SMILES string of the molecule is COCC(=O)N[C@@H]1[C@@H](O)CO[C@@H]1Cn1cc(COC)nn1. The zero-order valence-electron chi connectivity index (χ0n) is 12.1. The average Bonchev–Trinajstić information content (AvgIpc) is 3.01. The quantitative estimate of drug-likeness (QED) is 0.619. The van der Waals surface area contributed by atoms with Crippen LogP contribution in [0.15, 0.2) is 6.20 Å². The summed E-state index contributed by atoms with van der Waals surface area (Å²) in [4.78, 5) is 11.6. The van der Waals surface area contributed by atoms with E-state index in [2.05, 4.69) is 15.6 Å². The molecule has 0 aliphatic carbocycles. The minimum Gasteiger partial charge on any atom is -0.388 e. The number of carbonyl (C=O) groups excluding carboxylic acids is 1. The number of nitrogens with one attached hydrogen (secondary N) is 1. The molecular formula is C12H20N4O5. The number of rotatable bonds is 7. The van der Waals surface area contributed by atoms with Gasteiger partial charge < -0.3 is 24.6 Å². The Morgan fingerprint density at radius 1 is 1.57 bits per heavy atom. The van der Waals surface area contributed by atoms with Crippen LogP contribution >= 0.6 is 0 Å². The van der Waals surface area contributed by atoms with Gasteiger partial charge in [-0.25, -0.2) is 4.68 Å². The first-order valence-electron chi connectivity index (χ1n) is 6.60. The van der Waals surface area contributed by atoms with Crippen LogP contribution in [0.1, 0.15) is 5.69 Å². The highest BCUT2D eigenvalue weighted by Crippen LogP contribution is 2.16. The Hall–Kier alpha value is -1.55. The van der Waals surface area contributed by atoms with Crippen LogP contribution < -0.4 is 5.32 Å². The van der Waals surface area contributed by atoms with Crippen molar-refractivity contribution in [3.63, 3.8) is 0 Å². The van der Waals surface area contributed by atoms with Crippen molar-refractivity contribution < 1.29 is 24.1 Å². The van der Waals surface area contributed by atoms with E-state index in [0.717, 1.165) is 0 Å². The van der Waals surface area contributed by atoms with Crippen molar-refractivity contribution in [2.45, 2.75) is 31.4 Å². The predicted molar refractivity (Wildman–Crippen MR) is 70.3 cm³/mol. The molecule has 0 spiro atoms. The Morgan fingerprint density at radius 3 is 3.10 bits per heavy atom. The summed E-state index contributed by atoms with van der Waals surface area (Å²) >= 11 is 0. The Bertz CT molecular complexity index is 466. The second-order valence-corrected chi connectivity index (χ2v) is 4.83. The van der Waals surface area contributed by atoms with Crippen LogP contribution in [0, 0.1) is 0 Å². The number of hydrogen-bond donors (Lipinski definition) is 2. The van der Waals surface area contributed by atoms with Crippen molar-refractivity contribution in [2.24, 2.45) is 0 Å². The van der Waals surface area contributed by atoms with E-state index in [-0.39, 0.29) is 25.2 Å². The van der Waals surface area contributed by atoms with Gasteiger partial charge in [-0.15, -0.1) is 5.10 Å². The molecule has 0 saturated carbocycles. The molecule has 1 aromatic heterocycles. The lowest BCUT2D eigenvalue weighted by Crippen LogP contribution is -2.49. The Labute approximate surface area is 122 Å². The maximum Gasteiger partial charge on any atom is 0.246 e. The fraction of sp³-hybridized carbons (Fsp3) is 0.750. The number of aliphatic hydroxyl groups excluding tert-OH is 1. The van der Waals surface area contributed by atoms with Crippen molar-refractivity contribution in [2.75, 3.05) is 27.4 Å². The Balaban J connectivity index is 1.95. The third-order valence-electron chi connectivity index (χ3n) is 3.14. The molecule has 9 nitrogen and oxygen atoms in total. The number of carbonyl (C=O) groups is 1. The highest BCUT2D eigenvalue weighted by molar-refractivity contribution is 5.77. The van der Waals surface area contributed by atoms with Gasteiger partial charge in [0.2, 0.25) is 5.91 Å². The molecule has 2 N–H and O–H groups in total. The smallest absolute Gasteiger partial charge is 0.246 e. The molecule has 1 aliphatic heterocycles. The number of ether oxygens (including phenoxy) is 3. The average molecular weight is 300 g/mol. The number of aromatic nitrogens is 3. The summed E-state index contributed by atoms with van der Waals surface area (Å²) in [7, 11) is 3.02. The fourth-order valence-corrected chi connectivity index (χ4v) is 2.22. The Morgan fingerprint density at radius 2 is 2.38 bits per heavy atom. The van der Waals surface area contributed by atoms with Crippen molar-refractivity contribution in [1.82, 2.24) is 20.3 Å². The molecule has 118 valence electrons. The van der Waals surface area contributed by atoms with Gasteiger partial charge >= 0.3 is 0 Å². The van der Waals surface area contributed by atoms with E-state index in [1.54, 1.807) is 18.0 Å². The van der Waals surface area contributed by atoms with E-state index >= 15 is 0 Å². The first-order valence-corrected chi connectivity index (χ1v) is 6.60. The summed E-state index contributed by atoms with van der Waals surface area (Å²) in [6, 6.07) is -0.497. The van der Waals surface area contributed by atoms with Crippen LogP contribution in [0.4, 0.5) is 0 Å². The summed E-state index contributed by atoms with van der Waals surface area (Å²) in [6.07, 6.45) is 0.613. The highest BCUT2D eigenvalue weighted by atomic mass is 16.5. The Kier molecular flexibility index (Phi) is 5.62. The number of nitrogens with zero attached hydrogens (tertiary/aromatic N) is 3. The molecule has 0 bridgehead atoms. The predicted octanol–water partition coefficient (Wildman–Crippen LogP) is -1.68. The second-order valence-electron chi connectivity index (χ2n) is 4.83.